The zero-order valence-electron chi connectivity index (χ0n) is 14.0. The molecule has 4 heteroatoms. The van der Waals surface area contributed by atoms with Gasteiger partial charge in [0, 0.05) is 7.11 Å². The number of methoxy groups -OCH3 is 1. The minimum atomic E-state index is -0.982. The predicted octanol–water partition coefficient (Wildman–Crippen LogP) is 4.24. The van der Waals surface area contributed by atoms with Gasteiger partial charge in [-0.05, 0) is 36.1 Å². The Bertz CT molecular complexity index is 847. The van der Waals surface area contributed by atoms with Crippen molar-refractivity contribution in [3.63, 3.8) is 0 Å². The zero-order valence-corrected chi connectivity index (χ0v) is 14.0. The summed E-state index contributed by atoms with van der Waals surface area (Å²) in [5.41, 5.74) is 0.159. The smallest absolute Gasteiger partial charge is 0.336 e. The van der Waals surface area contributed by atoms with Crippen LogP contribution in [0.4, 0.5) is 0 Å². The fourth-order valence-electron chi connectivity index (χ4n) is 3.33. The van der Waals surface area contributed by atoms with Gasteiger partial charge in [0.05, 0.1) is 17.0 Å². The van der Waals surface area contributed by atoms with Gasteiger partial charge in [0.2, 0.25) is 0 Å². The van der Waals surface area contributed by atoms with E-state index in [1.807, 2.05) is 36.4 Å². The van der Waals surface area contributed by atoms with Gasteiger partial charge in [-0.3, -0.25) is 0 Å². The van der Waals surface area contributed by atoms with E-state index in [4.69, 9.17) is 4.74 Å². The molecule has 0 radical (unpaired) electrons. The number of nitrogens with zero attached hydrogens (tertiary/aromatic N) is 1. The molecule has 0 amide bonds. The van der Waals surface area contributed by atoms with Crippen molar-refractivity contribution in [2.45, 2.75) is 18.4 Å². The SMILES string of the molecule is CO[C@@](/C=C/c1ccccc1C(=O)O)(c1ccccc1)C1(C#N)CC1. The molecular formula is C21H19NO3. The average molecular weight is 333 g/mol. The molecule has 3 rings (SSSR count). The predicted molar refractivity (Wildman–Crippen MR) is 94.8 cm³/mol. The highest BCUT2D eigenvalue weighted by atomic mass is 16.5. The van der Waals surface area contributed by atoms with Crippen molar-refractivity contribution in [1.29, 1.82) is 5.26 Å². The van der Waals surface area contributed by atoms with Crippen LogP contribution in [0.3, 0.4) is 0 Å². The Morgan fingerprint density at radius 3 is 2.40 bits per heavy atom. The van der Waals surface area contributed by atoms with Gasteiger partial charge >= 0.3 is 5.97 Å². The van der Waals surface area contributed by atoms with Gasteiger partial charge in [-0.1, -0.05) is 54.6 Å². The molecule has 0 bridgehead atoms. The summed E-state index contributed by atoms with van der Waals surface area (Å²) in [4.78, 5) is 11.4. The van der Waals surface area contributed by atoms with E-state index < -0.39 is 17.0 Å². The van der Waals surface area contributed by atoms with Gasteiger partial charge in [0.25, 0.3) is 0 Å². The summed E-state index contributed by atoms with van der Waals surface area (Å²) < 4.78 is 5.91. The van der Waals surface area contributed by atoms with Crippen molar-refractivity contribution in [3.05, 3.63) is 77.4 Å². The highest BCUT2D eigenvalue weighted by Gasteiger charge is 2.60. The molecule has 0 saturated heterocycles. The number of hydrogen-bond donors (Lipinski definition) is 1. The largest absolute Gasteiger partial charge is 0.478 e. The summed E-state index contributed by atoms with van der Waals surface area (Å²) in [6, 6.07) is 18.8. The maximum absolute atomic E-state index is 11.4. The molecule has 2 aromatic carbocycles. The Hall–Kier alpha value is -2.90. The van der Waals surface area contributed by atoms with Gasteiger partial charge in [-0.2, -0.15) is 5.26 Å². The van der Waals surface area contributed by atoms with Crippen molar-refractivity contribution < 1.29 is 14.6 Å². The maximum atomic E-state index is 11.4. The van der Waals surface area contributed by atoms with E-state index in [1.54, 1.807) is 37.5 Å². The zero-order chi connectivity index (χ0) is 17.9. The Morgan fingerprint density at radius 2 is 1.84 bits per heavy atom. The topological polar surface area (TPSA) is 70.3 Å². The van der Waals surface area contributed by atoms with Crippen molar-refractivity contribution in [3.8, 4) is 6.07 Å². The summed E-state index contributed by atoms with van der Waals surface area (Å²) in [6.45, 7) is 0. The second-order valence-electron chi connectivity index (χ2n) is 6.23. The molecule has 1 fully saturated rings. The Kier molecular flexibility index (Phi) is 4.43. The van der Waals surface area contributed by atoms with Crippen LogP contribution in [0.2, 0.25) is 0 Å². The van der Waals surface area contributed by atoms with Crippen molar-refractivity contribution in [2.24, 2.45) is 5.41 Å². The van der Waals surface area contributed by atoms with E-state index in [1.165, 1.54) is 0 Å². The lowest BCUT2D eigenvalue weighted by Crippen LogP contribution is -2.36. The molecule has 1 saturated carbocycles. The van der Waals surface area contributed by atoms with Crippen LogP contribution in [0, 0.1) is 16.7 Å². The van der Waals surface area contributed by atoms with Crippen LogP contribution in [-0.2, 0) is 10.3 Å². The van der Waals surface area contributed by atoms with E-state index in [2.05, 4.69) is 6.07 Å². The van der Waals surface area contributed by atoms with Gasteiger partial charge in [0.15, 0.2) is 0 Å². The highest BCUT2D eigenvalue weighted by molar-refractivity contribution is 5.92. The fraction of sp³-hybridized carbons (Fsp3) is 0.238. The Morgan fingerprint density at radius 1 is 1.20 bits per heavy atom. The van der Waals surface area contributed by atoms with Crippen molar-refractivity contribution in [2.75, 3.05) is 7.11 Å². The third-order valence-corrected chi connectivity index (χ3v) is 4.89. The third-order valence-electron chi connectivity index (χ3n) is 4.89. The lowest BCUT2D eigenvalue weighted by Gasteiger charge is -2.34. The molecule has 0 aliphatic heterocycles. The minimum absolute atomic E-state index is 0.221. The molecule has 126 valence electrons. The van der Waals surface area contributed by atoms with E-state index >= 15 is 0 Å². The van der Waals surface area contributed by atoms with Crippen molar-refractivity contribution in [1.82, 2.24) is 0 Å². The molecule has 2 aromatic rings. The molecule has 0 spiro atoms. The molecule has 25 heavy (non-hydrogen) atoms. The first-order valence-corrected chi connectivity index (χ1v) is 8.12. The summed E-state index contributed by atoms with van der Waals surface area (Å²) in [5.74, 6) is -0.982. The number of carbonyl (C=O) groups is 1. The quantitative estimate of drug-likeness (QED) is 0.858. The number of aromatic carboxylic acids is 1. The normalized spacial score (nSPS) is 17.6. The van der Waals surface area contributed by atoms with Gasteiger partial charge in [-0.15, -0.1) is 0 Å². The summed E-state index contributed by atoms with van der Waals surface area (Å²) in [7, 11) is 1.60. The molecular weight excluding hydrogens is 314 g/mol. The Labute approximate surface area is 147 Å². The number of benzene rings is 2. The average Bonchev–Trinajstić information content (AvgIpc) is 3.45. The van der Waals surface area contributed by atoms with E-state index in [0.29, 0.717) is 5.56 Å². The maximum Gasteiger partial charge on any atom is 0.336 e. The summed E-state index contributed by atoms with van der Waals surface area (Å²) in [5, 5.41) is 19.1. The lowest BCUT2D eigenvalue weighted by atomic mass is 9.78. The minimum Gasteiger partial charge on any atom is -0.478 e. The first-order chi connectivity index (χ1) is 12.1. The van der Waals surface area contributed by atoms with E-state index in [-0.39, 0.29) is 5.56 Å². The number of carboxylic acids is 1. The molecule has 0 unspecified atom stereocenters. The van der Waals surface area contributed by atoms with Gasteiger partial charge in [-0.25, -0.2) is 4.79 Å². The lowest BCUT2D eigenvalue weighted by molar-refractivity contribution is -0.0141. The van der Waals surface area contributed by atoms with Crippen LogP contribution >= 0.6 is 0 Å². The number of ether oxygens (including phenoxy) is 1. The summed E-state index contributed by atoms with van der Waals surface area (Å²) in [6.07, 6.45) is 5.08. The van der Waals surface area contributed by atoms with Crippen LogP contribution in [0.15, 0.2) is 60.7 Å². The van der Waals surface area contributed by atoms with E-state index in [0.717, 1.165) is 18.4 Å². The van der Waals surface area contributed by atoms with Crippen LogP contribution < -0.4 is 0 Å². The van der Waals surface area contributed by atoms with Crippen molar-refractivity contribution >= 4 is 12.0 Å². The molecule has 1 atom stereocenters. The molecule has 4 nitrogen and oxygen atoms in total. The number of nitriles is 1. The van der Waals surface area contributed by atoms with Crippen LogP contribution in [0.1, 0.15) is 34.3 Å². The fourth-order valence-corrected chi connectivity index (χ4v) is 3.33. The van der Waals surface area contributed by atoms with Crippen LogP contribution in [0.25, 0.3) is 6.08 Å². The van der Waals surface area contributed by atoms with E-state index in [9.17, 15) is 15.2 Å². The molecule has 0 aromatic heterocycles. The molecule has 1 aliphatic carbocycles. The van der Waals surface area contributed by atoms with Crippen LogP contribution in [0.5, 0.6) is 0 Å². The first-order valence-electron chi connectivity index (χ1n) is 8.12. The highest BCUT2D eigenvalue weighted by Crippen LogP contribution is 2.60. The first kappa shape index (κ1) is 16.9. The monoisotopic (exact) mass is 333 g/mol. The second-order valence-corrected chi connectivity index (χ2v) is 6.23. The summed E-state index contributed by atoms with van der Waals surface area (Å²) >= 11 is 0. The van der Waals surface area contributed by atoms with Gasteiger partial charge in [0.1, 0.15) is 5.60 Å². The number of rotatable bonds is 6. The third kappa shape index (κ3) is 2.84. The standard InChI is InChI=1S/C21H19NO3/c1-25-21(20(15-22)13-14-20,17-8-3-2-4-9-17)12-11-16-7-5-6-10-18(16)19(23)24/h2-12H,13-14H2,1H3,(H,23,24)/b12-11+/t21-/m0/s1. The molecule has 0 heterocycles. The number of carboxylic acid groups (broad SMARTS) is 1. The molecule has 1 N–H and O–H groups in total. The Balaban J connectivity index is 2.12. The molecule has 1 aliphatic rings. The number of hydrogen-bond acceptors (Lipinski definition) is 3. The van der Waals surface area contributed by atoms with Gasteiger partial charge < -0.3 is 9.84 Å². The van der Waals surface area contributed by atoms with Crippen LogP contribution in [-0.4, -0.2) is 18.2 Å². The second kappa shape index (κ2) is 6.54.